The third-order valence-electron chi connectivity index (χ3n) is 6.15. The molecule has 0 spiro atoms. The van der Waals surface area contributed by atoms with Crippen LogP contribution in [-0.4, -0.2) is 28.2 Å². The Morgan fingerprint density at radius 2 is 1.75 bits per heavy atom. The zero-order valence-corrected chi connectivity index (χ0v) is 19.5. The summed E-state index contributed by atoms with van der Waals surface area (Å²) in [5, 5.41) is 6.36. The van der Waals surface area contributed by atoms with E-state index in [4.69, 9.17) is 0 Å². The number of pyridine rings is 1. The van der Waals surface area contributed by atoms with Gasteiger partial charge in [-0.1, -0.05) is 42.5 Å². The Morgan fingerprint density at radius 1 is 0.944 bits per heavy atom. The van der Waals surface area contributed by atoms with Crippen molar-refractivity contribution in [3.05, 3.63) is 131 Å². The summed E-state index contributed by atoms with van der Waals surface area (Å²) in [5.41, 5.74) is 4.45. The molecule has 5 rings (SSSR count). The van der Waals surface area contributed by atoms with Gasteiger partial charge in [0.15, 0.2) is 0 Å². The van der Waals surface area contributed by atoms with Gasteiger partial charge in [0.05, 0.1) is 0 Å². The number of halogens is 1. The third kappa shape index (κ3) is 5.10. The van der Waals surface area contributed by atoms with Gasteiger partial charge in [0.2, 0.25) is 0 Å². The SMILES string of the molecule is O=C(NCCc1ccccn1)c1cccc(NC2c3ccccc3C(=O)N2Cc2ccc(F)cc2)c1. The predicted molar refractivity (Wildman–Crippen MR) is 136 cm³/mol. The van der Waals surface area contributed by atoms with Gasteiger partial charge in [-0.15, -0.1) is 0 Å². The van der Waals surface area contributed by atoms with Crippen molar-refractivity contribution in [3.63, 3.8) is 0 Å². The van der Waals surface area contributed by atoms with E-state index in [0.717, 1.165) is 16.8 Å². The summed E-state index contributed by atoms with van der Waals surface area (Å²) < 4.78 is 13.4. The molecule has 0 saturated carbocycles. The molecule has 1 unspecified atom stereocenters. The molecular formula is C29H25FN4O2. The Balaban J connectivity index is 1.32. The van der Waals surface area contributed by atoms with Crippen LogP contribution in [0.15, 0.2) is 97.2 Å². The van der Waals surface area contributed by atoms with Crippen molar-refractivity contribution in [1.29, 1.82) is 0 Å². The normalized spacial score (nSPS) is 14.4. The van der Waals surface area contributed by atoms with Gasteiger partial charge in [0.1, 0.15) is 12.0 Å². The lowest BCUT2D eigenvalue weighted by Crippen LogP contribution is -2.32. The standard InChI is InChI=1S/C29H25FN4O2/c30-22-13-11-20(12-14-22)19-34-27(25-9-1-2-10-26(25)29(34)36)33-24-8-5-6-21(18-24)28(35)32-17-15-23-7-3-4-16-31-23/h1-14,16,18,27,33H,15,17,19H2,(H,32,35). The smallest absolute Gasteiger partial charge is 0.256 e. The fraction of sp³-hybridized carbons (Fsp3) is 0.138. The lowest BCUT2D eigenvalue weighted by molar-refractivity contribution is 0.0728. The van der Waals surface area contributed by atoms with Crippen LogP contribution in [-0.2, 0) is 13.0 Å². The number of fused-ring (bicyclic) bond motifs is 1. The Morgan fingerprint density at radius 3 is 2.56 bits per heavy atom. The molecule has 1 aliphatic rings. The highest BCUT2D eigenvalue weighted by Gasteiger charge is 2.36. The number of hydrogen-bond acceptors (Lipinski definition) is 4. The van der Waals surface area contributed by atoms with Crippen LogP contribution < -0.4 is 10.6 Å². The van der Waals surface area contributed by atoms with Crippen molar-refractivity contribution in [2.45, 2.75) is 19.1 Å². The van der Waals surface area contributed by atoms with Crippen molar-refractivity contribution in [1.82, 2.24) is 15.2 Å². The largest absolute Gasteiger partial charge is 0.361 e. The molecule has 0 radical (unpaired) electrons. The van der Waals surface area contributed by atoms with E-state index in [9.17, 15) is 14.0 Å². The number of carbonyl (C=O) groups excluding carboxylic acids is 2. The van der Waals surface area contributed by atoms with Gasteiger partial charge in [-0.2, -0.15) is 0 Å². The maximum Gasteiger partial charge on any atom is 0.256 e. The molecule has 0 saturated heterocycles. The molecule has 7 heteroatoms. The van der Waals surface area contributed by atoms with Crippen LogP contribution in [0.3, 0.4) is 0 Å². The number of nitrogens with one attached hydrogen (secondary N) is 2. The Hall–Kier alpha value is -4.52. The number of hydrogen-bond donors (Lipinski definition) is 2. The van der Waals surface area contributed by atoms with E-state index >= 15 is 0 Å². The van der Waals surface area contributed by atoms with Crippen molar-refractivity contribution in [2.75, 3.05) is 11.9 Å². The Kier molecular flexibility index (Phi) is 6.71. The second-order valence-electron chi connectivity index (χ2n) is 8.60. The summed E-state index contributed by atoms with van der Waals surface area (Å²) in [6, 6.07) is 26.5. The molecule has 1 aliphatic heterocycles. The van der Waals surface area contributed by atoms with E-state index in [1.54, 1.807) is 35.4 Å². The number of nitrogens with zero attached hydrogens (tertiary/aromatic N) is 2. The number of carbonyl (C=O) groups is 2. The zero-order chi connectivity index (χ0) is 24.9. The maximum absolute atomic E-state index is 13.4. The second kappa shape index (κ2) is 10.4. The fourth-order valence-corrected chi connectivity index (χ4v) is 4.34. The molecule has 2 N–H and O–H groups in total. The molecule has 6 nitrogen and oxygen atoms in total. The van der Waals surface area contributed by atoms with Crippen LogP contribution in [0.25, 0.3) is 0 Å². The summed E-state index contributed by atoms with van der Waals surface area (Å²) in [6.45, 7) is 0.794. The minimum Gasteiger partial charge on any atom is -0.361 e. The maximum atomic E-state index is 13.4. The predicted octanol–water partition coefficient (Wildman–Crippen LogP) is 4.96. The molecule has 0 fully saturated rings. The highest BCUT2D eigenvalue weighted by molar-refractivity contribution is 5.99. The molecule has 0 aliphatic carbocycles. The van der Waals surface area contributed by atoms with E-state index in [-0.39, 0.29) is 17.6 Å². The molecule has 2 heterocycles. The summed E-state index contributed by atoms with van der Waals surface area (Å²) in [4.78, 5) is 32.0. The number of anilines is 1. The third-order valence-corrected chi connectivity index (χ3v) is 6.15. The average Bonchev–Trinajstić information content (AvgIpc) is 3.17. The molecule has 2 amide bonds. The lowest BCUT2D eigenvalue weighted by Gasteiger charge is -2.27. The molecule has 3 aromatic carbocycles. The average molecular weight is 481 g/mol. The summed E-state index contributed by atoms with van der Waals surface area (Å²) >= 11 is 0. The molecular weight excluding hydrogens is 455 g/mol. The van der Waals surface area contributed by atoms with E-state index in [1.807, 2.05) is 54.6 Å². The fourth-order valence-electron chi connectivity index (χ4n) is 4.34. The highest BCUT2D eigenvalue weighted by atomic mass is 19.1. The van der Waals surface area contributed by atoms with Gasteiger partial charge < -0.3 is 15.5 Å². The molecule has 1 atom stereocenters. The quantitative estimate of drug-likeness (QED) is 0.374. The van der Waals surface area contributed by atoms with Gasteiger partial charge in [0.25, 0.3) is 11.8 Å². The first-order chi connectivity index (χ1) is 17.6. The van der Waals surface area contributed by atoms with Gasteiger partial charge in [-0.25, -0.2) is 4.39 Å². The monoisotopic (exact) mass is 480 g/mol. The lowest BCUT2D eigenvalue weighted by atomic mass is 10.1. The van der Waals surface area contributed by atoms with E-state index < -0.39 is 6.17 Å². The first kappa shape index (κ1) is 23.2. The van der Waals surface area contributed by atoms with Gasteiger partial charge in [-0.05, 0) is 54.1 Å². The van der Waals surface area contributed by atoms with Gasteiger partial charge in [-0.3, -0.25) is 14.6 Å². The first-order valence-electron chi connectivity index (χ1n) is 11.8. The first-order valence-corrected chi connectivity index (χ1v) is 11.8. The van der Waals surface area contributed by atoms with E-state index in [1.165, 1.54) is 12.1 Å². The molecule has 36 heavy (non-hydrogen) atoms. The van der Waals surface area contributed by atoms with Crippen LogP contribution in [0.1, 0.15) is 43.7 Å². The van der Waals surface area contributed by atoms with Crippen LogP contribution >= 0.6 is 0 Å². The number of aromatic nitrogens is 1. The van der Waals surface area contributed by atoms with Crippen molar-refractivity contribution < 1.29 is 14.0 Å². The summed E-state index contributed by atoms with van der Waals surface area (Å²) in [7, 11) is 0. The Labute approximate surface area is 208 Å². The van der Waals surface area contributed by atoms with Crippen molar-refractivity contribution in [3.8, 4) is 0 Å². The van der Waals surface area contributed by atoms with Crippen LogP contribution in [0.2, 0.25) is 0 Å². The second-order valence-corrected chi connectivity index (χ2v) is 8.60. The zero-order valence-electron chi connectivity index (χ0n) is 19.5. The highest BCUT2D eigenvalue weighted by Crippen LogP contribution is 2.35. The van der Waals surface area contributed by atoms with E-state index in [2.05, 4.69) is 15.6 Å². The molecule has 0 bridgehead atoms. The van der Waals surface area contributed by atoms with Crippen molar-refractivity contribution >= 4 is 17.5 Å². The van der Waals surface area contributed by atoms with Crippen LogP contribution in [0.5, 0.6) is 0 Å². The van der Waals surface area contributed by atoms with E-state index in [0.29, 0.717) is 36.3 Å². The van der Waals surface area contributed by atoms with Gasteiger partial charge in [0, 0.05) is 53.8 Å². The number of benzene rings is 3. The minimum absolute atomic E-state index is 0.101. The summed E-state index contributed by atoms with van der Waals surface area (Å²) in [5.74, 6) is -0.601. The van der Waals surface area contributed by atoms with Gasteiger partial charge >= 0.3 is 0 Å². The molecule has 1 aromatic heterocycles. The number of rotatable bonds is 8. The molecule has 4 aromatic rings. The molecule has 180 valence electrons. The topological polar surface area (TPSA) is 74.3 Å². The summed E-state index contributed by atoms with van der Waals surface area (Å²) in [6.07, 6.45) is 1.95. The van der Waals surface area contributed by atoms with Crippen LogP contribution in [0, 0.1) is 5.82 Å². The number of amides is 2. The van der Waals surface area contributed by atoms with Crippen molar-refractivity contribution in [2.24, 2.45) is 0 Å². The minimum atomic E-state index is -0.429. The Bertz CT molecular complexity index is 1380. The van der Waals surface area contributed by atoms with Crippen LogP contribution in [0.4, 0.5) is 10.1 Å².